The van der Waals surface area contributed by atoms with Crippen LogP contribution >= 0.6 is 0 Å². The second-order valence-electron chi connectivity index (χ2n) is 5.59. The molecule has 1 atom stereocenters. The van der Waals surface area contributed by atoms with Crippen LogP contribution in [0.2, 0.25) is 0 Å². The molecule has 0 aliphatic heterocycles. The van der Waals surface area contributed by atoms with Crippen LogP contribution in [0.25, 0.3) is 0 Å². The van der Waals surface area contributed by atoms with Crippen LogP contribution in [0.15, 0.2) is 42.5 Å². The molecule has 0 unspecified atom stereocenters. The molecule has 0 saturated heterocycles. The molecular weight excluding hydrogens is 323 g/mol. The van der Waals surface area contributed by atoms with Crippen molar-refractivity contribution < 1.29 is 19.0 Å². The van der Waals surface area contributed by atoms with Crippen molar-refractivity contribution in [2.75, 3.05) is 11.9 Å². The van der Waals surface area contributed by atoms with E-state index in [0.717, 1.165) is 0 Å². The first-order valence-electron chi connectivity index (χ1n) is 8.19. The average Bonchev–Trinajstić information content (AvgIpc) is 2.62. The fraction of sp³-hybridized carbons (Fsp3) is 0.316. The molecule has 0 fully saturated rings. The third kappa shape index (κ3) is 5.19. The Hall–Kier alpha value is -2.60. The fourth-order valence-electron chi connectivity index (χ4n) is 2.38. The second kappa shape index (κ2) is 9.03. The van der Waals surface area contributed by atoms with Crippen LogP contribution < -0.4 is 15.4 Å². The van der Waals surface area contributed by atoms with Crippen molar-refractivity contribution in [2.45, 2.75) is 33.0 Å². The molecule has 0 saturated carbocycles. The molecule has 1 amide bonds. The van der Waals surface area contributed by atoms with E-state index in [4.69, 9.17) is 4.74 Å². The molecule has 2 rings (SSSR count). The lowest BCUT2D eigenvalue weighted by Gasteiger charge is -2.17. The number of rotatable bonds is 8. The molecular formula is C19H23FN2O3. The third-order valence-electron chi connectivity index (χ3n) is 3.72. The van der Waals surface area contributed by atoms with Gasteiger partial charge in [0.25, 0.3) is 0 Å². The summed E-state index contributed by atoms with van der Waals surface area (Å²) in [5.74, 6) is 0.0254. The van der Waals surface area contributed by atoms with Gasteiger partial charge in [-0.2, -0.15) is 0 Å². The number of amides is 1. The molecule has 2 aromatic carbocycles. The topological polar surface area (TPSA) is 70.6 Å². The Bertz CT molecular complexity index is 722. The number of aliphatic hydroxyl groups excluding tert-OH is 1. The fourth-order valence-corrected chi connectivity index (χ4v) is 2.38. The first-order chi connectivity index (χ1) is 12.0. The van der Waals surface area contributed by atoms with Crippen molar-refractivity contribution in [1.82, 2.24) is 5.32 Å². The van der Waals surface area contributed by atoms with Gasteiger partial charge in [0.15, 0.2) is 0 Å². The summed E-state index contributed by atoms with van der Waals surface area (Å²) in [5, 5.41) is 15.2. The molecule has 0 aliphatic carbocycles. The van der Waals surface area contributed by atoms with Gasteiger partial charge in [-0.15, -0.1) is 0 Å². The average molecular weight is 346 g/mol. The van der Waals surface area contributed by atoms with E-state index in [0.29, 0.717) is 29.2 Å². The van der Waals surface area contributed by atoms with Crippen LogP contribution in [0, 0.1) is 5.82 Å². The quantitative estimate of drug-likeness (QED) is 0.687. The highest BCUT2D eigenvalue weighted by atomic mass is 19.1. The number of halogens is 1. The minimum absolute atomic E-state index is 0.128. The molecule has 0 radical (unpaired) electrons. The van der Waals surface area contributed by atoms with Crippen LogP contribution in [0.4, 0.5) is 10.1 Å². The Morgan fingerprint density at radius 2 is 2.00 bits per heavy atom. The number of carbonyl (C=O) groups excluding carboxylic acids is 1. The van der Waals surface area contributed by atoms with E-state index in [1.165, 1.54) is 6.07 Å². The first kappa shape index (κ1) is 18.7. The maximum absolute atomic E-state index is 13.6. The summed E-state index contributed by atoms with van der Waals surface area (Å²) in [4.78, 5) is 12.2. The smallest absolute Gasteiger partial charge is 0.242 e. The van der Waals surface area contributed by atoms with E-state index in [9.17, 15) is 14.3 Å². The van der Waals surface area contributed by atoms with Crippen LogP contribution in [0.5, 0.6) is 5.75 Å². The number of ether oxygens (including phenoxy) is 1. The molecule has 3 N–H and O–H groups in total. The highest BCUT2D eigenvalue weighted by Gasteiger charge is 2.14. The van der Waals surface area contributed by atoms with Gasteiger partial charge in [-0.05, 0) is 38.1 Å². The summed E-state index contributed by atoms with van der Waals surface area (Å²) in [5.41, 5.74) is 1.78. The van der Waals surface area contributed by atoms with Crippen molar-refractivity contribution in [3.05, 3.63) is 59.4 Å². The number of hydrogen-bond acceptors (Lipinski definition) is 4. The zero-order chi connectivity index (χ0) is 18.2. The van der Waals surface area contributed by atoms with Crippen LogP contribution in [-0.4, -0.2) is 23.7 Å². The van der Waals surface area contributed by atoms with E-state index >= 15 is 0 Å². The maximum Gasteiger partial charge on any atom is 0.242 e. The SMILES string of the molecule is CCOc1ccc(N[C@H](C)C(=O)NCc2ccccc2F)cc1CO. The van der Waals surface area contributed by atoms with Crippen molar-refractivity contribution in [2.24, 2.45) is 0 Å². The summed E-state index contributed by atoms with van der Waals surface area (Å²) in [6.07, 6.45) is 0. The lowest BCUT2D eigenvalue weighted by molar-refractivity contribution is -0.121. The van der Waals surface area contributed by atoms with Crippen molar-refractivity contribution >= 4 is 11.6 Å². The van der Waals surface area contributed by atoms with Gasteiger partial charge < -0.3 is 20.5 Å². The van der Waals surface area contributed by atoms with Crippen LogP contribution in [0.3, 0.4) is 0 Å². The second-order valence-corrected chi connectivity index (χ2v) is 5.59. The largest absolute Gasteiger partial charge is 0.494 e. The van der Waals surface area contributed by atoms with Gasteiger partial charge in [0.05, 0.1) is 13.2 Å². The number of nitrogens with one attached hydrogen (secondary N) is 2. The Labute approximate surface area is 146 Å². The Balaban J connectivity index is 1.95. The van der Waals surface area contributed by atoms with Gasteiger partial charge in [-0.3, -0.25) is 4.79 Å². The molecule has 6 heteroatoms. The molecule has 5 nitrogen and oxygen atoms in total. The number of benzene rings is 2. The Morgan fingerprint density at radius 1 is 1.24 bits per heavy atom. The Kier molecular flexibility index (Phi) is 6.77. The first-order valence-corrected chi connectivity index (χ1v) is 8.19. The van der Waals surface area contributed by atoms with Crippen LogP contribution in [-0.2, 0) is 17.9 Å². The van der Waals surface area contributed by atoms with Gasteiger partial charge >= 0.3 is 0 Å². The summed E-state index contributed by atoms with van der Waals surface area (Å²) in [7, 11) is 0. The monoisotopic (exact) mass is 346 g/mol. The van der Waals surface area contributed by atoms with E-state index in [2.05, 4.69) is 10.6 Å². The van der Waals surface area contributed by atoms with Gasteiger partial charge in [-0.1, -0.05) is 18.2 Å². The molecule has 0 heterocycles. The Morgan fingerprint density at radius 3 is 2.68 bits per heavy atom. The minimum atomic E-state index is -0.517. The predicted octanol–water partition coefficient (Wildman–Crippen LogP) is 2.83. The van der Waals surface area contributed by atoms with Crippen LogP contribution in [0.1, 0.15) is 25.0 Å². The molecule has 0 aromatic heterocycles. The minimum Gasteiger partial charge on any atom is -0.494 e. The van der Waals surface area contributed by atoms with Gasteiger partial charge in [0.1, 0.15) is 17.6 Å². The lowest BCUT2D eigenvalue weighted by atomic mass is 10.1. The summed E-state index contributed by atoms with van der Waals surface area (Å²) >= 11 is 0. The summed E-state index contributed by atoms with van der Waals surface area (Å²) in [6.45, 7) is 4.07. The lowest BCUT2D eigenvalue weighted by Crippen LogP contribution is -2.37. The number of hydrogen-bond donors (Lipinski definition) is 3. The standard InChI is InChI=1S/C19H23FN2O3/c1-3-25-18-9-8-16(10-15(18)12-23)22-13(2)19(24)21-11-14-6-4-5-7-17(14)20/h4-10,13,22-23H,3,11-12H2,1-2H3,(H,21,24)/t13-/m1/s1. The van der Waals surface area contributed by atoms with Gasteiger partial charge in [0.2, 0.25) is 5.91 Å². The molecule has 0 spiro atoms. The number of aliphatic hydroxyl groups is 1. The van der Waals surface area contributed by atoms with E-state index < -0.39 is 6.04 Å². The van der Waals surface area contributed by atoms with Gasteiger partial charge in [-0.25, -0.2) is 4.39 Å². The highest BCUT2D eigenvalue weighted by Crippen LogP contribution is 2.23. The zero-order valence-electron chi connectivity index (χ0n) is 14.4. The van der Waals surface area contributed by atoms with Gasteiger partial charge in [0, 0.05) is 23.4 Å². The summed E-state index contributed by atoms with van der Waals surface area (Å²) in [6, 6.07) is 11.1. The molecule has 134 valence electrons. The maximum atomic E-state index is 13.6. The van der Waals surface area contributed by atoms with E-state index in [1.807, 2.05) is 6.92 Å². The molecule has 0 bridgehead atoms. The molecule has 0 aliphatic rings. The van der Waals surface area contributed by atoms with E-state index in [-0.39, 0.29) is 24.9 Å². The van der Waals surface area contributed by atoms with E-state index in [1.54, 1.807) is 43.3 Å². The third-order valence-corrected chi connectivity index (χ3v) is 3.72. The normalized spacial score (nSPS) is 11.7. The molecule has 2 aromatic rings. The van der Waals surface area contributed by atoms with Crippen molar-refractivity contribution in [3.8, 4) is 5.75 Å². The van der Waals surface area contributed by atoms with Crippen molar-refractivity contribution in [3.63, 3.8) is 0 Å². The molecule has 25 heavy (non-hydrogen) atoms. The van der Waals surface area contributed by atoms with Crippen molar-refractivity contribution in [1.29, 1.82) is 0 Å². The highest BCUT2D eigenvalue weighted by molar-refractivity contribution is 5.84. The summed E-state index contributed by atoms with van der Waals surface area (Å²) < 4.78 is 19.0. The number of carbonyl (C=O) groups is 1. The predicted molar refractivity (Wildman–Crippen MR) is 94.9 cm³/mol. The number of anilines is 1. The zero-order valence-corrected chi connectivity index (χ0v) is 14.4.